The van der Waals surface area contributed by atoms with Crippen molar-refractivity contribution in [1.82, 2.24) is 10.2 Å². The summed E-state index contributed by atoms with van der Waals surface area (Å²) in [6.45, 7) is 4.46. The second kappa shape index (κ2) is 12.5. The van der Waals surface area contributed by atoms with Gasteiger partial charge in [0.05, 0.1) is 24.8 Å². The van der Waals surface area contributed by atoms with E-state index in [0.29, 0.717) is 40.4 Å². The number of aliphatic hydroxyl groups excluding tert-OH is 1. The van der Waals surface area contributed by atoms with Crippen molar-refractivity contribution in [1.29, 1.82) is 0 Å². The molecule has 0 saturated carbocycles. The number of hydrogen-bond donors (Lipinski definition) is 1. The highest BCUT2D eigenvalue weighted by Crippen LogP contribution is 2.45. The Morgan fingerprint density at radius 3 is 2.39 bits per heavy atom. The lowest BCUT2D eigenvalue weighted by Gasteiger charge is -2.23. The number of ketones is 1. The van der Waals surface area contributed by atoms with Gasteiger partial charge in [-0.15, -0.1) is 10.2 Å². The van der Waals surface area contributed by atoms with Crippen LogP contribution in [0.1, 0.15) is 36.6 Å². The molecule has 1 aliphatic heterocycles. The molecule has 5 rings (SSSR count). The van der Waals surface area contributed by atoms with Crippen LogP contribution < -0.4 is 14.4 Å². The molecule has 1 amide bonds. The Bertz CT molecular complexity index is 1590. The van der Waals surface area contributed by atoms with E-state index in [0.717, 1.165) is 5.56 Å². The number of nitrogens with zero attached hydrogens (tertiary/aromatic N) is 3. The van der Waals surface area contributed by atoms with Gasteiger partial charge in [0.25, 0.3) is 5.78 Å². The number of halogens is 1. The molecule has 1 aromatic heterocycles. The fourth-order valence-electron chi connectivity index (χ4n) is 4.42. The van der Waals surface area contributed by atoms with Crippen molar-refractivity contribution in [3.63, 3.8) is 0 Å². The normalized spacial score (nSPS) is 16.3. The second-order valence-electron chi connectivity index (χ2n) is 8.87. The van der Waals surface area contributed by atoms with Gasteiger partial charge in [-0.05, 0) is 61.4 Å². The summed E-state index contributed by atoms with van der Waals surface area (Å²) >= 11 is 2.64. The number of carbonyl (C=O) groups excluding carboxylic acids is 2. The predicted octanol–water partition coefficient (Wildman–Crippen LogP) is 6.39. The van der Waals surface area contributed by atoms with Crippen LogP contribution in [0.25, 0.3) is 5.76 Å². The molecule has 0 spiro atoms. The average Bonchev–Trinajstić information content (AvgIpc) is 3.55. The first kappa shape index (κ1) is 28.3. The van der Waals surface area contributed by atoms with E-state index in [2.05, 4.69) is 10.2 Å². The summed E-state index contributed by atoms with van der Waals surface area (Å²) in [5, 5.41) is 20.0. The first-order valence-electron chi connectivity index (χ1n) is 12.9. The van der Waals surface area contributed by atoms with Crippen molar-refractivity contribution in [2.75, 3.05) is 18.1 Å². The molecule has 1 unspecified atom stereocenters. The summed E-state index contributed by atoms with van der Waals surface area (Å²) in [6.07, 6.45) is 0. The number of benzene rings is 3. The average molecular weight is 592 g/mol. The standard InChI is InChI=1S/C30H26FN3O5S2/c1-3-38-22-15-12-20(16-23(22)39-4-2)25-24(26(35)19-10-13-21(31)14-11-19)27(36)28(37)34(25)29-32-33-30(41-29)40-17-18-8-6-5-7-9-18/h5-16,25,35H,3-4,17H2,1-2H3. The maximum atomic E-state index is 13.6. The van der Waals surface area contributed by atoms with Crippen molar-refractivity contribution < 1.29 is 28.6 Å². The van der Waals surface area contributed by atoms with Gasteiger partial charge in [0.15, 0.2) is 15.8 Å². The maximum Gasteiger partial charge on any atom is 0.301 e. The molecule has 1 N–H and O–H groups in total. The van der Waals surface area contributed by atoms with Gasteiger partial charge < -0.3 is 14.6 Å². The Labute approximate surface area is 244 Å². The third-order valence-electron chi connectivity index (χ3n) is 6.25. The SMILES string of the molecule is CCOc1ccc(C2C(=C(O)c3ccc(F)cc3)C(=O)C(=O)N2c2nnc(SCc3ccccc3)s2)cc1OCC. The van der Waals surface area contributed by atoms with Crippen LogP contribution in [-0.2, 0) is 15.3 Å². The lowest BCUT2D eigenvalue weighted by atomic mass is 9.95. The molecule has 1 fully saturated rings. The first-order chi connectivity index (χ1) is 19.9. The van der Waals surface area contributed by atoms with Crippen LogP contribution in [-0.4, -0.2) is 40.2 Å². The molecule has 0 radical (unpaired) electrons. The Morgan fingerprint density at radius 1 is 0.976 bits per heavy atom. The Hall–Kier alpha value is -4.22. The number of aromatic nitrogens is 2. The highest BCUT2D eigenvalue weighted by Gasteiger charge is 2.48. The zero-order valence-corrected chi connectivity index (χ0v) is 23.9. The molecule has 0 aliphatic carbocycles. The van der Waals surface area contributed by atoms with Gasteiger partial charge in [-0.2, -0.15) is 0 Å². The molecule has 3 aromatic carbocycles. The summed E-state index contributed by atoms with van der Waals surface area (Å²) in [4.78, 5) is 28.2. The molecule has 0 bridgehead atoms. The molecule has 2 heterocycles. The minimum Gasteiger partial charge on any atom is -0.507 e. The Kier molecular flexibility index (Phi) is 8.65. The molecule has 41 heavy (non-hydrogen) atoms. The second-order valence-corrected chi connectivity index (χ2v) is 11.1. The van der Waals surface area contributed by atoms with Crippen LogP contribution >= 0.6 is 23.1 Å². The lowest BCUT2D eigenvalue weighted by molar-refractivity contribution is -0.132. The molecular formula is C30H26FN3O5S2. The van der Waals surface area contributed by atoms with E-state index in [1.54, 1.807) is 18.2 Å². The van der Waals surface area contributed by atoms with E-state index in [4.69, 9.17) is 9.47 Å². The topological polar surface area (TPSA) is 102 Å². The van der Waals surface area contributed by atoms with Crippen LogP contribution in [0.15, 0.2) is 82.7 Å². The van der Waals surface area contributed by atoms with Crippen molar-refractivity contribution in [2.45, 2.75) is 30.0 Å². The van der Waals surface area contributed by atoms with E-state index >= 15 is 0 Å². The maximum absolute atomic E-state index is 13.6. The zero-order valence-electron chi connectivity index (χ0n) is 22.2. The van der Waals surface area contributed by atoms with Crippen molar-refractivity contribution in [2.24, 2.45) is 0 Å². The highest BCUT2D eigenvalue weighted by molar-refractivity contribution is 8.00. The summed E-state index contributed by atoms with van der Waals surface area (Å²) in [5.74, 6) is -1.09. The molecule has 1 aliphatic rings. The lowest BCUT2D eigenvalue weighted by Crippen LogP contribution is -2.29. The monoisotopic (exact) mass is 591 g/mol. The van der Waals surface area contributed by atoms with Crippen LogP contribution in [0.3, 0.4) is 0 Å². The van der Waals surface area contributed by atoms with Crippen LogP contribution in [0.2, 0.25) is 0 Å². The molecule has 1 atom stereocenters. The summed E-state index contributed by atoms with van der Waals surface area (Å²) in [6, 6.07) is 18.9. The number of anilines is 1. The summed E-state index contributed by atoms with van der Waals surface area (Å²) in [7, 11) is 0. The van der Waals surface area contributed by atoms with Crippen LogP contribution in [0.4, 0.5) is 9.52 Å². The minimum absolute atomic E-state index is 0.151. The third-order valence-corrected chi connectivity index (χ3v) is 8.38. The minimum atomic E-state index is -1.05. The Balaban J connectivity index is 1.59. The van der Waals surface area contributed by atoms with Crippen molar-refractivity contribution >= 4 is 45.7 Å². The zero-order chi connectivity index (χ0) is 28.9. The van der Waals surface area contributed by atoms with E-state index in [1.807, 2.05) is 44.2 Å². The third kappa shape index (κ3) is 5.96. The number of aliphatic hydroxyl groups is 1. The number of ether oxygens (including phenoxy) is 2. The van der Waals surface area contributed by atoms with Crippen LogP contribution in [0.5, 0.6) is 11.5 Å². The van der Waals surface area contributed by atoms with Gasteiger partial charge in [-0.3, -0.25) is 14.5 Å². The predicted molar refractivity (Wildman–Crippen MR) is 156 cm³/mol. The molecule has 210 valence electrons. The molecular weight excluding hydrogens is 565 g/mol. The van der Waals surface area contributed by atoms with Gasteiger partial charge in [-0.25, -0.2) is 4.39 Å². The van der Waals surface area contributed by atoms with E-state index in [1.165, 1.54) is 52.3 Å². The number of hydrogen-bond acceptors (Lipinski definition) is 9. The number of amides is 1. The number of carbonyl (C=O) groups is 2. The number of thioether (sulfide) groups is 1. The van der Waals surface area contributed by atoms with Crippen molar-refractivity contribution in [3.8, 4) is 11.5 Å². The van der Waals surface area contributed by atoms with Gasteiger partial charge >= 0.3 is 5.91 Å². The van der Waals surface area contributed by atoms with Crippen molar-refractivity contribution in [3.05, 3.63) is 101 Å². The fraction of sp³-hybridized carbons (Fsp3) is 0.200. The van der Waals surface area contributed by atoms with Gasteiger partial charge in [-0.1, -0.05) is 59.5 Å². The fourth-order valence-corrected chi connectivity index (χ4v) is 6.25. The van der Waals surface area contributed by atoms with Gasteiger partial charge in [0, 0.05) is 11.3 Å². The van der Waals surface area contributed by atoms with E-state index in [-0.39, 0.29) is 16.3 Å². The van der Waals surface area contributed by atoms with Gasteiger partial charge in [0.1, 0.15) is 11.6 Å². The molecule has 11 heteroatoms. The molecule has 8 nitrogen and oxygen atoms in total. The summed E-state index contributed by atoms with van der Waals surface area (Å²) in [5.41, 5.74) is 1.64. The molecule has 4 aromatic rings. The van der Waals surface area contributed by atoms with Gasteiger partial charge in [0.2, 0.25) is 5.13 Å². The first-order valence-corrected chi connectivity index (χ1v) is 14.7. The van der Waals surface area contributed by atoms with Crippen LogP contribution in [0, 0.1) is 5.82 Å². The number of Topliss-reactive ketones (excluding diaryl/α,β-unsaturated/α-hetero) is 1. The number of rotatable bonds is 10. The van der Waals surface area contributed by atoms with E-state index < -0.39 is 29.3 Å². The quantitative estimate of drug-likeness (QED) is 0.0744. The highest BCUT2D eigenvalue weighted by atomic mass is 32.2. The smallest absolute Gasteiger partial charge is 0.301 e. The largest absolute Gasteiger partial charge is 0.507 e. The Morgan fingerprint density at radius 2 is 1.68 bits per heavy atom. The van der Waals surface area contributed by atoms with E-state index in [9.17, 15) is 19.1 Å². The summed E-state index contributed by atoms with van der Waals surface area (Å²) < 4.78 is 25.7. The molecule has 1 saturated heterocycles.